The molecule has 0 saturated heterocycles. The van der Waals surface area contributed by atoms with Crippen LogP contribution in [-0.4, -0.2) is 30.6 Å². The molecule has 3 aromatic rings. The van der Waals surface area contributed by atoms with Crippen molar-refractivity contribution in [3.05, 3.63) is 60.9 Å². The molecule has 0 aliphatic carbocycles. The number of aromatic nitrogens is 5. The lowest BCUT2D eigenvalue weighted by molar-refractivity contribution is 0.365. The van der Waals surface area contributed by atoms with Crippen LogP contribution in [0, 0.1) is 0 Å². The van der Waals surface area contributed by atoms with Gasteiger partial charge in [-0.3, -0.25) is 4.68 Å². The van der Waals surface area contributed by atoms with Crippen molar-refractivity contribution in [1.29, 1.82) is 0 Å². The first kappa shape index (κ1) is 14.5. The first-order chi connectivity index (χ1) is 10.8. The van der Waals surface area contributed by atoms with Gasteiger partial charge in [0.1, 0.15) is 12.7 Å². The van der Waals surface area contributed by atoms with Crippen LogP contribution < -0.4 is 5.32 Å². The van der Waals surface area contributed by atoms with Gasteiger partial charge in [0.05, 0.1) is 11.7 Å². The van der Waals surface area contributed by atoms with Crippen LogP contribution in [0.1, 0.15) is 25.5 Å². The van der Waals surface area contributed by atoms with Gasteiger partial charge < -0.3 is 5.32 Å². The van der Waals surface area contributed by atoms with E-state index in [0.717, 1.165) is 12.2 Å². The number of rotatable bonds is 6. The predicted octanol–water partition coefficient (Wildman–Crippen LogP) is 2.20. The number of hydrogen-bond acceptors (Lipinski definition) is 4. The molecule has 2 heterocycles. The van der Waals surface area contributed by atoms with E-state index in [1.165, 1.54) is 5.56 Å². The highest BCUT2D eigenvalue weighted by molar-refractivity contribution is 5.39. The van der Waals surface area contributed by atoms with Gasteiger partial charge in [0.25, 0.3) is 0 Å². The average Bonchev–Trinajstić information content (AvgIpc) is 3.25. The first-order valence-electron chi connectivity index (χ1n) is 7.41. The molecular weight excluding hydrogens is 276 g/mol. The van der Waals surface area contributed by atoms with Gasteiger partial charge in [-0.25, -0.2) is 9.67 Å². The highest BCUT2D eigenvalue weighted by atomic mass is 15.3. The van der Waals surface area contributed by atoms with Crippen molar-refractivity contribution in [3.63, 3.8) is 0 Å². The Morgan fingerprint density at radius 2 is 2.00 bits per heavy atom. The van der Waals surface area contributed by atoms with Gasteiger partial charge in [-0.1, -0.05) is 18.2 Å². The lowest BCUT2D eigenvalue weighted by Crippen LogP contribution is -2.33. The molecular formula is C16H20N6. The van der Waals surface area contributed by atoms with Crippen LogP contribution in [0.3, 0.4) is 0 Å². The van der Waals surface area contributed by atoms with Gasteiger partial charge in [0.2, 0.25) is 0 Å². The van der Waals surface area contributed by atoms with Crippen LogP contribution in [-0.2, 0) is 6.54 Å². The van der Waals surface area contributed by atoms with Crippen molar-refractivity contribution < 1.29 is 0 Å². The lowest BCUT2D eigenvalue weighted by Gasteiger charge is -2.22. The molecule has 0 aliphatic heterocycles. The normalized spacial score (nSPS) is 13.9. The maximum absolute atomic E-state index is 4.30. The van der Waals surface area contributed by atoms with Gasteiger partial charge in [-0.05, 0) is 31.5 Å². The number of nitrogens with zero attached hydrogens (tertiary/aromatic N) is 5. The molecule has 0 radical (unpaired) electrons. The first-order valence-corrected chi connectivity index (χ1v) is 7.41. The Labute approximate surface area is 129 Å². The molecule has 22 heavy (non-hydrogen) atoms. The topological polar surface area (TPSA) is 60.6 Å². The summed E-state index contributed by atoms with van der Waals surface area (Å²) in [6.07, 6.45) is 7.07. The molecule has 0 aliphatic rings. The minimum absolute atomic E-state index is 0.286. The summed E-state index contributed by atoms with van der Waals surface area (Å²) in [5.41, 5.74) is 2.24. The molecule has 0 fully saturated rings. The number of hydrogen-bond donors (Lipinski definition) is 1. The third-order valence-corrected chi connectivity index (χ3v) is 3.94. The maximum Gasteiger partial charge on any atom is 0.138 e. The number of benzene rings is 1. The van der Waals surface area contributed by atoms with Crippen LogP contribution in [0.5, 0.6) is 0 Å². The Morgan fingerprint density at radius 3 is 2.73 bits per heavy atom. The average molecular weight is 296 g/mol. The molecule has 1 aromatic carbocycles. The van der Waals surface area contributed by atoms with Crippen molar-refractivity contribution in [1.82, 2.24) is 29.9 Å². The number of para-hydroxylation sites is 1. The van der Waals surface area contributed by atoms with Gasteiger partial charge in [-0.15, -0.1) is 0 Å². The third kappa shape index (κ3) is 3.07. The zero-order chi connectivity index (χ0) is 15.4. The summed E-state index contributed by atoms with van der Waals surface area (Å²) in [5.74, 6) is 0. The molecule has 1 N–H and O–H groups in total. The van der Waals surface area contributed by atoms with Crippen molar-refractivity contribution in [2.24, 2.45) is 0 Å². The van der Waals surface area contributed by atoms with E-state index >= 15 is 0 Å². The summed E-state index contributed by atoms with van der Waals surface area (Å²) in [6.45, 7) is 5.10. The van der Waals surface area contributed by atoms with Crippen LogP contribution in [0.4, 0.5) is 0 Å². The fraction of sp³-hybridized carbons (Fsp3) is 0.312. The second-order valence-electron chi connectivity index (χ2n) is 5.37. The number of nitrogens with one attached hydrogen (secondary N) is 1. The minimum atomic E-state index is 0.286. The van der Waals surface area contributed by atoms with Gasteiger partial charge >= 0.3 is 0 Å². The Balaban J connectivity index is 1.69. The van der Waals surface area contributed by atoms with Crippen LogP contribution in [0.2, 0.25) is 0 Å². The molecule has 0 saturated carbocycles. The van der Waals surface area contributed by atoms with Gasteiger partial charge in [-0.2, -0.15) is 10.2 Å². The van der Waals surface area contributed by atoms with Crippen molar-refractivity contribution in [3.8, 4) is 5.69 Å². The molecule has 0 spiro atoms. The second-order valence-corrected chi connectivity index (χ2v) is 5.37. The van der Waals surface area contributed by atoms with Gasteiger partial charge in [0.15, 0.2) is 0 Å². The van der Waals surface area contributed by atoms with Crippen LogP contribution >= 0.6 is 0 Å². The monoisotopic (exact) mass is 296 g/mol. The predicted molar refractivity (Wildman–Crippen MR) is 84.6 cm³/mol. The summed E-state index contributed by atoms with van der Waals surface area (Å²) in [6, 6.07) is 10.7. The molecule has 3 rings (SSSR count). The summed E-state index contributed by atoms with van der Waals surface area (Å²) in [4.78, 5) is 4.02. The van der Waals surface area contributed by atoms with E-state index < -0.39 is 0 Å². The summed E-state index contributed by atoms with van der Waals surface area (Å²) < 4.78 is 3.76. The zero-order valence-corrected chi connectivity index (χ0v) is 12.8. The molecule has 6 nitrogen and oxygen atoms in total. The molecule has 2 atom stereocenters. The summed E-state index contributed by atoms with van der Waals surface area (Å²) in [7, 11) is 0. The van der Waals surface area contributed by atoms with E-state index in [4.69, 9.17) is 0 Å². The van der Waals surface area contributed by atoms with E-state index in [9.17, 15) is 0 Å². The Kier molecular flexibility index (Phi) is 4.29. The van der Waals surface area contributed by atoms with E-state index in [-0.39, 0.29) is 6.04 Å². The Bertz CT molecular complexity index is 689. The SMILES string of the molecule is C[C@@H](NCc1ccccc1-n1cncn1)[C@H](C)n1cccn1. The second kappa shape index (κ2) is 6.53. The van der Waals surface area contributed by atoms with Crippen molar-refractivity contribution in [2.45, 2.75) is 32.5 Å². The van der Waals surface area contributed by atoms with Crippen LogP contribution in [0.25, 0.3) is 5.69 Å². The van der Waals surface area contributed by atoms with E-state index in [1.807, 2.05) is 41.3 Å². The van der Waals surface area contributed by atoms with E-state index in [0.29, 0.717) is 6.04 Å². The quantitative estimate of drug-likeness (QED) is 0.757. The highest BCUT2D eigenvalue weighted by Gasteiger charge is 2.14. The maximum atomic E-state index is 4.30. The van der Waals surface area contributed by atoms with Crippen molar-refractivity contribution in [2.75, 3.05) is 0 Å². The molecule has 0 bridgehead atoms. The lowest BCUT2D eigenvalue weighted by atomic mass is 10.1. The fourth-order valence-electron chi connectivity index (χ4n) is 2.41. The van der Waals surface area contributed by atoms with Crippen molar-refractivity contribution >= 4 is 0 Å². The molecule has 2 aromatic heterocycles. The summed E-state index contributed by atoms with van der Waals surface area (Å²) in [5, 5.41) is 12.1. The van der Waals surface area contributed by atoms with E-state index in [2.05, 4.69) is 40.4 Å². The summed E-state index contributed by atoms with van der Waals surface area (Å²) >= 11 is 0. The fourth-order valence-corrected chi connectivity index (χ4v) is 2.41. The standard InChI is InChI=1S/C16H20N6/c1-13(14(2)21-9-5-8-19-21)18-10-15-6-3-4-7-16(15)22-12-17-11-20-22/h3-9,11-14,18H,10H2,1-2H3/t13-,14+/m1/s1. The minimum Gasteiger partial charge on any atom is -0.308 e. The Hall–Kier alpha value is -2.47. The molecule has 6 heteroatoms. The largest absolute Gasteiger partial charge is 0.308 e. The third-order valence-electron chi connectivity index (χ3n) is 3.94. The highest BCUT2D eigenvalue weighted by Crippen LogP contribution is 2.15. The molecule has 0 amide bonds. The zero-order valence-electron chi connectivity index (χ0n) is 12.8. The van der Waals surface area contributed by atoms with Gasteiger partial charge in [0, 0.05) is 25.0 Å². The molecule has 0 unspecified atom stereocenters. The van der Waals surface area contributed by atoms with Crippen LogP contribution in [0.15, 0.2) is 55.4 Å². The van der Waals surface area contributed by atoms with E-state index in [1.54, 1.807) is 17.3 Å². The molecule has 114 valence electrons. The smallest absolute Gasteiger partial charge is 0.138 e. The Morgan fingerprint density at radius 1 is 1.14 bits per heavy atom.